The van der Waals surface area contributed by atoms with E-state index in [9.17, 15) is 9.59 Å². The fraction of sp³-hybridized carbons (Fsp3) is 0.278. The van der Waals surface area contributed by atoms with E-state index in [0.29, 0.717) is 12.1 Å². The van der Waals surface area contributed by atoms with Crippen molar-refractivity contribution in [2.75, 3.05) is 12.4 Å². The van der Waals surface area contributed by atoms with Gasteiger partial charge in [-0.2, -0.15) is 0 Å². The van der Waals surface area contributed by atoms with Crippen molar-refractivity contribution in [1.82, 2.24) is 4.98 Å². The Hall–Kier alpha value is -2.69. The normalized spacial score (nSPS) is 10.2. The van der Waals surface area contributed by atoms with E-state index in [-0.39, 0.29) is 6.42 Å². The molecule has 5 heteroatoms. The third kappa shape index (κ3) is 5.21. The maximum absolute atomic E-state index is 11.9. The zero-order chi connectivity index (χ0) is 16.7. The molecule has 1 aromatic heterocycles. The van der Waals surface area contributed by atoms with Crippen LogP contribution in [0.4, 0.5) is 5.69 Å². The minimum Gasteiger partial charge on any atom is -0.497 e. The molecule has 0 aliphatic heterocycles. The second kappa shape index (κ2) is 8.08. The Morgan fingerprint density at radius 2 is 1.91 bits per heavy atom. The fourth-order valence-corrected chi connectivity index (χ4v) is 2.18. The van der Waals surface area contributed by atoms with E-state index in [2.05, 4.69) is 10.3 Å². The van der Waals surface area contributed by atoms with Gasteiger partial charge in [-0.1, -0.05) is 12.1 Å². The minimum absolute atomic E-state index is 0.219. The van der Waals surface area contributed by atoms with Gasteiger partial charge in [-0.05, 0) is 49.1 Å². The molecule has 1 amide bonds. The molecule has 0 aliphatic carbocycles. The lowest BCUT2D eigenvalue weighted by molar-refractivity contribution is -0.134. The summed E-state index contributed by atoms with van der Waals surface area (Å²) in [6.45, 7) is 1.87. The van der Waals surface area contributed by atoms with Gasteiger partial charge in [-0.3, -0.25) is 14.6 Å². The molecule has 0 atom stereocenters. The Kier molecular flexibility index (Phi) is 5.86. The lowest BCUT2D eigenvalue weighted by atomic mass is 10.1. The molecule has 0 unspecified atom stereocenters. The van der Waals surface area contributed by atoms with Crippen molar-refractivity contribution >= 4 is 17.4 Å². The van der Waals surface area contributed by atoms with Crippen LogP contribution in [0.5, 0.6) is 5.75 Å². The number of rotatable bonds is 7. The van der Waals surface area contributed by atoms with Gasteiger partial charge in [0.1, 0.15) is 5.75 Å². The number of methoxy groups -OCH3 is 1. The van der Waals surface area contributed by atoms with Crippen molar-refractivity contribution in [3.8, 4) is 5.75 Å². The van der Waals surface area contributed by atoms with E-state index in [1.54, 1.807) is 19.4 Å². The average molecular weight is 312 g/mol. The predicted octanol–water partition coefficient (Wildman–Crippen LogP) is 2.93. The number of hydrogen-bond acceptors (Lipinski definition) is 4. The summed E-state index contributed by atoms with van der Waals surface area (Å²) in [5, 5.41) is 2.58. The van der Waals surface area contributed by atoms with Crippen molar-refractivity contribution in [3.63, 3.8) is 0 Å². The highest BCUT2D eigenvalue weighted by molar-refractivity contribution is 6.40. The summed E-state index contributed by atoms with van der Waals surface area (Å²) in [7, 11) is 1.62. The van der Waals surface area contributed by atoms with Gasteiger partial charge >= 0.3 is 0 Å². The number of amides is 1. The second-order valence-electron chi connectivity index (χ2n) is 5.33. The van der Waals surface area contributed by atoms with Crippen LogP contribution in [0.1, 0.15) is 24.0 Å². The van der Waals surface area contributed by atoms with Crippen LogP contribution in [0.15, 0.2) is 42.7 Å². The van der Waals surface area contributed by atoms with Gasteiger partial charge in [0.15, 0.2) is 0 Å². The van der Waals surface area contributed by atoms with Gasteiger partial charge in [0.2, 0.25) is 5.78 Å². The summed E-state index contributed by atoms with van der Waals surface area (Å²) in [4.78, 5) is 27.7. The molecule has 0 saturated heterocycles. The zero-order valence-electron chi connectivity index (χ0n) is 13.3. The molecule has 1 N–H and O–H groups in total. The third-order valence-corrected chi connectivity index (χ3v) is 3.41. The average Bonchev–Trinajstić information content (AvgIpc) is 2.55. The van der Waals surface area contributed by atoms with Gasteiger partial charge in [0.05, 0.1) is 19.0 Å². The van der Waals surface area contributed by atoms with Crippen LogP contribution in [-0.2, 0) is 16.0 Å². The van der Waals surface area contributed by atoms with Gasteiger partial charge in [0, 0.05) is 12.6 Å². The molecule has 0 spiro atoms. The van der Waals surface area contributed by atoms with E-state index in [4.69, 9.17) is 4.74 Å². The SMILES string of the molecule is COc1ccc(CCCC(=O)C(=O)Nc2cncc(C)c2)cc1. The van der Waals surface area contributed by atoms with E-state index in [1.165, 1.54) is 6.20 Å². The van der Waals surface area contributed by atoms with Crippen LogP contribution in [0.3, 0.4) is 0 Å². The summed E-state index contributed by atoms with van der Waals surface area (Å²) in [6, 6.07) is 9.46. The number of nitrogens with one attached hydrogen (secondary N) is 1. The lowest BCUT2D eigenvalue weighted by Crippen LogP contribution is -2.22. The van der Waals surface area contributed by atoms with Crippen LogP contribution in [0.25, 0.3) is 0 Å². The first kappa shape index (κ1) is 16.7. The number of carbonyl (C=O) groups excluding carboxylic acids is 2. The largest absolute Gasteiger partial charge is 0.497 e. The van der Waals surface area contributed by atoms with Gasteiger partial charge in [-0.15, -0.1) is 0 Å². The molecular weight excluding hydrogens is 292 g/mol. The monoisotopic (exact) mass is 312 g/mol. The molecule has 23 heavy (non-hydrogen) atoms. The number of ether oxygens (including phenoxy) is 1. The van der Waals surface area contributed by atoms with Crippen LogP contribution in [-0.4, -0.2) is 23.8 Å². The summed E-state index contributed by atoms with van der Waals surface area (Å²) in [5.41, 5.74) is 2.58. The number of nitrogens with zero attached hydrogens (tertiary/aromatic N) is 1. The fourth-order valence-electron chi connectivity index (χ4n) is 2.18. The molecule has 2 aromatic rings. The summed E-state index contributed by atoms with van der Waals surface area (Å²) in [5.74, 6) is -0.205. The molecule has 0 aliphatic rings. The third-order valence-electron chi connectivity index (χ3n) is 3.41. The zero-order valence-corrected chi connectivity index (χ0v) is 13.3. The maximum Gasteiger partial charge on any atom is 0.291 e. The summed E-state index contributed by atoms with van der Waals surface area (Å²) < 4.78 is 5.10. The topological polar surface area (TPSA) is 68.3 Å². The molecule has 0 saturated carbocycles. The van der Waals surface area contributed by atoms with Crippen LogP contribution in [0.2, 0.25) is 0 Å². The Labute approximate surface area is 135 Å². The summed E-state index contributed by atoms with van der Waals surface area (Å²) >= 11 is 0. The van der Waals surface area contributed by atoms with Crippen LogP contribution >= 0.6 is 0 Å². The van der Waals surface area contributed by atoms with E-state index in [1.807, 2.05) is 31.2 Å². The number of hydrogen-bond donors (Lipinski definition) is 1. The van der Waals surface area contributed by atoms with E-state index >= 15 is 0 Å². The number of Topliss-reactive ketones (excluding diaryl/α,β-unsaturated/α-hetero) is 1. The Bertz CT molecular complexity index is 681. The predicted molar refractivity (Wildman–Crippen MR) is 88.5 cm³/mol. The minimum atomic E-state index is -0.591. The maximum atomic E-state index is 11.9. The van der Waals surface area contributed by atoms with E-state index < -0.39 is 11.7 Å². The standard InChI is InChI=1S/C18H20N2O3/c1-13-10-15(12-19-11-13)20-18(22)17(21)5-3-4-14-6-8-16(23-2)9-7-14/h6-12H,3-5H2,1-2H3,(H,20,22). The molecular formula is C18H20N2O3. The first-order chi connectivity index (χ1) is 11.1. The van der Waals surface area contributed by atoms with Crippen LogP contribution < -0.4 is 10.1 Å². The molecule has 120 valence electrons. The number of ketones is 1. The number of benzene rings is 1. The van der Waals surface area contributed by atoms with Crippen molar-refractivity contribution < 1.29 is 14.3 Å². The highest BCUT2D eigenvalue weighted by Gasteiger charge is 2.13. The lowest BCUT2D eigenvalue weighted by Gasteiger charge is -2.05. The molecule has 2 rings (SSSR count). The van der Waals surface area contributed by atoms with Crippen molar-refractivity contribution in [3.05, 3.63) is 53.9 Å². The van der Waals surface area contributed by atoms with Crippen LogP contribution in [0, 0.1) is 6.92 Å². The molecule has 1 heterocycles. The van der Waals surface area contributed by atoms with Gasteiger partial charge < -0.3 is 10.1 Å². The van der Waals surface area contributed by atoms with Crippen molar-refractivity contribution in [1.29, 1.82) is 0 Å². The Balaban J connectivity index is 1.78. The first-order valence-corrected chi connectivity index (χ1v) is 7.47. The quantitative estimate of drug-likeness (QED) is 0.798. The number of anilines is 1. The number of aromatic nitrogens is 1. The number of carbonyl (C=O) groups is 2. The molecule has 0 bridgehead atoms. The summed E-state index contributed by atoms with van der Waals surface area (Å²) in [6.07, 6.45) is 4.80. The van der Waals surface area contributed by atoms with E-state index in [0.717, 1.165) is 23.3 Å². The Morgan fingerprint density at radius 3 is 2.57 bits per heavy atom. The highest BCUT2D eigenvalue weighted by atomic mass is 16.5. The van der Waals surface area contributed by atoms with Gasteiger partial charge in [-0.25, -0.2) is 0 Å². The smallest absolute Gasteiger partial charge is 0.291 e. The Morgan fingerprint density at radius 1 is 1.17 bits per heavy atom. The second-order valence-corrected chi connectivity index (χ2v) is 5.33. The number of pyridine rings is 1. The first-order valence-electron chi connectivity index (χ1n) is 7.47. The van der Waals surface area contributed by atoms with Crippen molar-refractivity contribution in [2.24, 2.45) is 0 Å². The van der Waals surface area contributed by atoms with Gasteiger partial charge in [0.25, 0.3) is 5.91 Å². The number of aryl methyl sites for hydroxylation is 2. The molecule has 1 aromatic carbocycles. The molecule has 5 nitrogen and oxygen atoms in total. The molecule has 0 radical (unpaired) electrons. The molecule has 0 fully saturated rings. The van der Waals surface area contributed by atoms with Crippen molar-refractivity contribution in [2.45, 2.75) is 26.2 Å². The highest BCUT2D eigenvalue weighted by Crippen LogP contribution is 2.13.